The lowest BCUT2D eigenvalue weighted by Gasteiger charge is -2.00. The number of rotatable bonds is 3. The molecule has 0 atom stereocenters. The summed E-state index contributed by atoms with van der Waals surface area (Å²) in [4.78, 5) is 0. The number of hydrogen-bond donors (Lipinski definition) is 0. The predicted molar refractivity (Wildman–Crippen MR) is 49.6 cm³/mol. The Bertz CT molecular complexity index is 198. The molecule has 0 radical (unpaired) electrons. The minimum atomic E-state index is 0. The SMILES string of the molecule is CCn1nccc1CCCl.Cl. The van der Waals surface area contributed by atoms with Crippen LogP contribution in [0.4, 0.5) is 0 Å². The highest BCUT2D eigenvalue weighted by Crippen LogP contribution is 2.00. The molecule has 0 fully saturated rings. The number of aryl methyl sites for hydroxylation is 2. The van der Waals surface area contributed by atoms with E-state index in [1.165, 1.54) is 5.69 Å². The van der Waals surface area contributed by atoms with Gasteiger partial charge in [-0.15, -0.1) is 24.0 Å². The van der Waals surface area contributed by atoms with Gasteiger partial charge in [-0.1, -0.05) is 0 Å². The van der Waals surface area contributed by atoms with E-state index in [0.29, 0.717) is 5.88 Å². The van der Waals surface area contributed by atoms with E-state index < -0.39 is 0 Å². The van der Waals surface area contributed by atoms with Crippen LogP contribution in [0.3, 0.4) is 0 Å². The smallest absolute Gasteiger partial charge is 0.0492 e. The van der Waals surface area contributed by atoms with Gasteiger partial charge in [0, 0.05) is 30.7 Å². The number of hydrogen-bond acceptors (Lipinski definition) is 1. The highest BCUT2D eigenvalue weighted by Gasteiger charge is 1.97. The lowest BCUT2D eigenvalue weighted by atomic mass is 10.3. The normalized spacial score (nSPS) is 9.27. The maximum absolute atomic E-state index is 5.58. The van der Waals surface area contributed by atoms with Crippen molar-refractivity contribution in [3.63, 3.8) is 0 Å². The Morgan fingerprint density at radius 3 is 2.91 bits per heavy atom. The molecule has 1 rings (SSSR count). The van der Waals surface area contributed by atoms with Gasteiger partial charge in [-0.25, -0.2) is 0 Å². The van der Waals surface area contributed by atoms with Gasteiger partial charge < -0.3 is 0 Å². The van der Waals surface area contributed by atoms with Gasteiger partial charge in [0.05, 0.1) is 0 Å². The van der Waals surface area contributed by atoms with Crippen LogP contribution in [0.15, 0.2) is 12.3 Å². The first-order valence-electron chi connectivity index (χ1n) is 3.45. The third kappa shape index (κ3) is 2.72. The van der Waals surface area contributed by atoms with Gasteiger partial charge in [0.1, 0.15) is 0 Å². The van der Waals surface area contributed by atoms with Crippen LogP contribution in [-0.2, 0) is 13.0 Å². The van der Waals surface area contributed by atoms with Crippen molar-refractivity contribution in [3.05, 3.63) is 18.0 Å². The molecule has 0 saturated heterocycles. The van der Waals surface area contributed by atoms with Crippen molar-refractivity contribution in [1.29, 1.82) is 0 Å². The first-order valence-corrected chi connectivity index (χ1v) is 3.98. The molecule has 0 aliphatic heterocycles. The zero-order valence-electron chi connectivity index (χ0n) is 6.46. The summed E-state index contributed by atoms with van der Waals surface area (Å²) in [5.74, 6) is 0.672. The molecule has 1 aromatic rings. The summed E-state index contributed by atoms with van der Waals surface area (Å²) in [5, 5.41) is 4.11. The predicted octanol–water partition coefficient (Wildman–Crippen LogP) is 2.11. The highest BCUT2D eigenvalue weighted by atomic mass is 35.5. The number of nitrogens with zero attached hydrogens (tertiary/aromatic N) is 2. The van der Waals surface area contributed by atoms with Crippen molar-refractivity contribution in [2.24, 2.45) is 0 Å². The molecule has 0 unspecified atom stereocenters. The van der Waals surface area contributed by atoms with E-state index in [1.807, 2.05) is 16.9 Å². The van der Waals surface area contributed by atoms with Gasteiger partial charge >= 0.3 is 0 Å². The lowest BCUT2D eigenvalue weighted by molar-refractivity contribution is 0.627. The summed E-state index contributed by atoms with van der Waals surface area (Å²) in [6.07, 6.45) is 2.72. The molecular formula is C7H12Cl2N2. The lowest BCUT2D eigenvalue weighted by Crippen LogP contribution is -2.02. The minimum Gasteiger partial charge on any atom is -0.270 e. The van der Waals surface area contributed by atoms with Crippen LogP contribution < -0.4 is 0 Å². The van der Waals surface area contributed by atoms with Gasteiger partial charge in [-0.2, -0.15) is 5.10 Å². The monoisotopic (exact) mass is 194 g/mol. The van der Waals surface area contributed by atoms with Crippen LogP contribution >= 0.6 is 24.0 Å². The molecule has 0 spiro atoms. The van der Waals surface area contributed by atoms with Crippen molar-refractivity contribution < 1.29 is 0 Å². The molecule has 2 nitrogen and oxygen atoms in total. The van der Waals surface area contributed by atoms with Crippen molar-refractivity contribution in [2.75, 3.05) is 5.88 Å². The Balaban J connectivity index is 0.000001000. The largest absolute Gasteiger partial charge is 0.270 e. The van der Waals surface area contributed by atoms with E-state index in [-0.39, 0.29) is 12.4 Å². The average Bonchev–Trinajstić information content (AvgIpc) is 2.36. The Labute approximate surface area is 78.0 Å². The summed E-state index contributed by atoms with van der Waals surface area (Å²) in [7, 11) is 0. The summed E-state index contributed by atoms with van der Waals surface area (Å²) in [5.41, 5.74) is 1.22. The van der Waals surface area contributed by atoms with Crippen LogP contribution in [0.5, 0.6) is 0 Å². The standard InChI is InChI=1S/C7H11ClN2.ClH/c1-2-10-7(3-5-8)4-6-9-10;/h4,6H,2-3,5H2,1H3;1H. The quantitative estimate of drug-likeness (QED) is 0.675. The Morgan fingerprint density at radius 1 is 1.64 bits per heavy atom. The zero-order valence-corrected chi connectivity index (χ0v) is 8.03. The second kappa shape index (κ2) is 5.44. The second-order valence-corrected chi connectivity index (χ2v) is 2.46. The topological polar surface area (TPSA) is 17.8 Å². The van der Waals surface area contributed by atoms with Crippen LogP contribution in [0.1, 0.15) is 12.6 Å². The molecule has 0 N–H and O–H groups in total. The average molecular weight is 195 g/mol. The van der Waals surface area contributed by atoms with Crippen LogP contribution in [0.25, 0.3) is 0 Å². The van der Waals surface area contributed by atoms with Gasteiger partial charge in [-0.05, 0) is 13.0 Å². The molecule has 1 heterocycles. The van der Waals surface area contributed by atoms with Crippen molar-refractivity contribution in [2.45, 2.75) is 19.9 Å². The third-order valence-corrected chi connectivity index (χ3v) is 1.64. The molecule has 4 heteroatoms. The highest BCUT2D eigenvalue weighted by molar-refractivity contribution is 6.17. The molecule has 0 aromatic carbocycles. The first-order chi connectivity index (χ1) is 4.88. The molecule has 0 saturated carbocycles. The molecule has 0 amide bonds. The van der Waals surface area contributed by atoms with E-state index in [9.17, 15) is 0 Å². The second-order valence-electron chi connectivity index (χ2n) is 2.08. The maximum Gasteiger partial charge on any atom is 0.0492 e. The van der Waals surface area contributed by atoms with Crippen molar-refractivity contribution >= 4 is 24.0 Å². The molecule has 0 aliphatic rings. The van der Waals surface area contributed by atoms with E-state index in [1.54, 1.807) is 0 Å². The van der Waals surface area contributed by atoms with Crippen molar-refractivity contribution in [1.82, 2.24) is 9.78 Å². The summed E-state index contributed by atoms with van der Waals surface area (Å²) in [6, 6.07) is 2.01. The number of alkyl halides is 1. The van der Waals surface area contributed by atoms with E-state index in [4.69, 9.17) is 11.6 Å². The Hall–Kier alpha value is -0.210. The number of halogens is 2. The fourth-order valence-electron chi connectivity index (χ4n) is 0.954. The van der Waals surface area contributed by atoms with Crippen LogP contribution in [0, 0.1) is 0 Å². The van der Waals surface area contributed by atoms with Gasteiger partial charge in [-0.3, -0.25) is 4.68 Å². The van der Waals surface area contributed by atoms with Crippen molar-refractivity contribution in [3.8, 4) is 0 Å². The molecular weight excluding hydrogens is 183 g/mol. The molecule has 0 aliphatic carbocycles. The third-order valence-electron chi connectivity index (χ3n) is 1.45. The summed E-state index contributed by atoms with van der Waals surface area (Å²) in [6.45, 7) is 3.00. The maximum atomic E-state index is 5.58. The van der Waals surface area contributed by atoms with Gasteiger partial charge in [0.2, 0.25) is 0 Å². The Kier molecular flexibility index (Phi) is 5.34. The van der Waals surface area contributed by atoms with E-state index in [0.717, 1.165) is 13.0 Å². The number of aromatic nitrogens is 2. The van der Waals surface area contributed by atoms with Crippen LogP contribution in [-0.4, -0.2) is 15.7 Å². The Morgan fingerprint density at radius 2 is 2.36 bits per heavy atom. The summed E-state index contributed by atoms with van der Waals surface area (Å²) < 4.78 is 1.96. The summed E-state index contributed by atoms with van der Waals surface area (Å²) >= 11 is 5.58. The minimum absolute atomic E-state index is 0. The fraction of sp³-hybridized carbons (Fsp3) is 0.571. The van der Waals surface area contributed by atoms with Crippen LogP contribution in [0.2, 0.25) is 0 Å². The van der Waals surface area contributed by atoms with E-state index >= 15 is 0 Å². The molecule has 64 valence electrons. The van der Waals surface area contributed by atoms with E-state index in [2.05, 4.69) is 12.0 Å². The fourth-order valence-corrected chi connectivity index (χ4v) is 1.15. The van der Waals surface area contributed by atoms with Gasteiger partial charge in [0.15, 0.2) is 0 Å². The van der Waals surface area contributed by atoms with Gasteiger partial charge in [0.25, 0.3) is 0 Å². The molecule has 11 heavy (non-hydrogen) atoms. The molecule has 1 aromatic heterocycles. The first kappa shape index (κ1) is 10.8. The molecule has 0 bridgehead atoms. The zero-order chi connectivity index (χ0) is 7.40.